The van der Waals surface area contributed by atoms with Gasteiger partial charge in [-0.15, -0.1) is 0 Å². The number of nitrogens with zero attached hydrogens (tertiary/aromatic N) is 2. The molecule has 2 aromatic heterocycles. The predicted octanol–water partition coefficient (Wildman–Crippen LogP) is 1.87. The Kier molecular flexibility index (Phi) is 4.36. The molecule has 0 saturated carbocycles. The number of carbonyl (C=O) groups is 1. The predicted molar refractivity (Wildman–Crippen MR) is 93.2 cm³/mol. The van der Waals surface area contributed by atoms with Gasteiger partial charge in [0.25, 0.3) is 11.2 Å². The highest BCUT2D eigenvalue weighted by molar-refractivity contribution is 5.92. The molecule has 0 spiro atoms. The Morgan fingerprint density at radius 3 is 2.69 bits per heavy atom. The smallest absolute Gasteiger partial charge is 0.336 e. The van der Waals surface area contributed by atoms with E-state index in [1.54, 1.807) is 12.1 Å². The summed E-state index contributed by atoms with van der Waals surface area (Å²) in [6.45, 7) is 1.31. The maximum atomic E-state index is 12.0. The van der Waals surface area contributed by atoms with E-state index in [4.69, 9.17) is 4.42 Å². The molecule has 0 atom stereocenters. The summed E-state index contributed by atoms with van der Waals surface area (Å²) < 4.78 is 6.30. The molecule has 1 aromatic carbocycles. The molecule has 9 nitrogen and oxygen atoms in total. The Hall–Kier alpha value is -3.75. The molecule has 1 N–H and O–H groups in total. The van der Waals surface area contributed by atoms with Crippen LogP contribution < -0.4 is 16.5 Å². The van der Waals surface area contributed by atoms with E-state index in [9.17, 15) is 24.5 Å². The maximum Gasteiger partial charge on any atom is 0.336 e. The molecular weight excluding hydrogens is 342 g/mol. The number of fused-ring (bicyclic) bond motifs is 1. The van der Waals surface area contributed by atoms with Gasteiger partial charge in [-0.2, -0.15) is 0 Å². The van der Waals surface area contributed by atoms with Crippen LogP contribution in [0.2, 0.25) is 0 Å². The molecule has 0 radical (unpaired) electrons. The van der Waals surface area contributed by atoms with Gasteiger partial charge in [0.2, 0.25) is 5.91 Å². The van der Waals surface area contributed by atoms with Gasteiger partial charge in [0, 0.05) is 42.3 Å². The lowest BCUT2D eigenvalue weighted by atomic mass is 10.1. The van der Waals surface area contributed by atoms with Gasteiger partial charge >= 0.3 is 5.63 Å². The lowest BCUT2D eigenvalue weighted by molar-refractivity contribution is -0.385. The number of hydrogen-bond acceptors (Lipinski definition) is 6. The summed E-state index contributed by atoms with van der Waals surface area (Å²) in [5.74, 6) is -0.272. The normalized spacial score (nSPS) is 10.7. The second-order valence-corrected chi connectivity index (χ2v) is 5.59. The van der Waals surface area contributed by atoms with Gasteiger partial charge in [-0.05, 0) is 17.7 Å². The quantitative estimate of drug-likeness (QED) is 0.433. The number of pyridine rings is 1. The minimum atomic E-state index is -0.633. The van der Waals surface area contributed by atoms with Crippen molar-refractivity contribution in [2.75, 3.05) is 5.32 Å². The molecule has 3 aromatic rings. The van der Waals surface area contributed by atoms with E-state index in [0.717, 1.165) is 22.9 Å². The van der Waals surface area contributed by atoms with Crippen molar-refractivity contribution < 1.29 is 14.1 Å². The van der Waals surface area contributed by atoms with Crippen molar-refractivity contribution in [3.05, 3.63) is 79.0 Å². The first-order valence-electron chi connectivity index (χ1n) is 7.53. The van der Waals surface area contributed by atoms with Crippen LogP contribution in [0.25, 0.3) is 11.0 Å². The van der Waals surface area contributed by atoms with Crippen LogP contribution in [0.1, 0.15) is 12.5 Å². The number of rotatable bonds is 4. The van der Waals surface area contributed by atoms with Crippen LogP contribution in [0.3, 0.4) is 0 Å². The van der Waals surface area contributed by atoms with Crippen molar-refractivity contribution in [2.24, 2.45) is 0 Å². The second-order valence-electron chi connectivity index (χ2n) is 5.59. The minimum absolute atomic E-state index is 0.0396. The lowest BCUT2D eigenvalue weighted by Gasteiger charge is -2.09. The van der Waals surface area contributed by atoms with Crippen molar-refractivity contribution >= 4 is 28.3 Å². The fraction of sp³-hybridized carbons (Fsp3) is 0.118. The number of nitrogens with one attached hydrogen (secondary N) is 1. The van der Waals surface area contributed by atoms with Crippen LogP contribution in [0.15, 0.2) is 56.6 Å². The Morgan fingerprint density at radius 2 is 2.00 bits per heavy atom. The molecular formula is C17H13N3O6. The van der Waals surface area contributed by atoms with Gasteiger partial charge in [0.05, 0.1) is 17.7 Å². The number of anilines is 1. The molecule has 2 heterocycles. The molecule has 0 saturated heterocycles. The average Bonchev–Trinajstić information content (AvgIpc) is 2.55. The van der Waals surface area contributed by atoms with Crippen molar-refractivity contribution in [2.45, 2.75) is 13.5 Å². The summed E-state index contributed by atoms with van der Waals surface area (Å²) >= 11 is 0. The number of hydrogen-bond donors (Lipinski definition) is 1. The van der Waals surface area contributed by atoms with E-state index in [1.807, 2.05) is 0 Å². The summed E-state index contributed by atoms with van der Waals surface area (Å²) in [7, 11) is 0. The zero-order valence-electron chi connectivity index (χ0n) is 13.6. The third kappa shape index (κ3) is 3.51. The van der Waals surface area contributed by atoms with Gasteiger partial charge in [-0.25, -0.2) is 4.79 Å². The molecule has 9 heteroatoms. The van der Waals surface area contributed by atoms with Gasteiger partial charge in [-0.3, -0.25) is 19.7 Å². The number of benzene rings is 1. The first kappa shape index (κ1) is 17.1. The summed E-state index contributed by atoms with van der Waals surface area (Å²) in [6, 6.07) is 8.21. The summed E-state index contributed by atoms with van der Waals surface area (Å²) in [5, 5.41) is 14.0. The van der Waals surface area contributed by atoms with E-state index in [2.05, 4.69) is 5.32 Å². The van der Waals surface area contributed by atoms with E-state index >= 15 is 0 Å². The SMILES string of the molecule is CC(=O)Nc1ccc2c(Cn3cc([N+](=O)[O-])ccc3=O)cc(=O)oc2c1. The largest absolute Gasteiger partial charge is 0.423 e. The Balaban J connectivity index is 2.09. The first-order chi connectivity index (χ1) is 12.3. The first-order valence-corrected chi connectivity index (χ1v) is 7.53. The molecule has 0 bridgehead atoms. The van der Waals surface area contributed by atoms with E-state index in [1.165, 1.54) is 19.1 Å². The highest BCUT2D eigenvalue weighted by atomic mass is 16.6. The zero-order chi connectivity index (χ0) is 18.8. The van der Waals surface area contributed by atoms with E-state index in [-0.39, 0.29) is 23.7 Å². The number of nitro groups is 1. The van der Waals surface area contributed by atoms with Gasteiger partial charge in [0.15, 0.2) is 0 Å². The summed E-state index contributed by atoms with van der Waals surface area (Å²) in [5.41, 5.74) is -0.147. The molecule has 3 rings (SSSR count). The second kappa shape index (κ2) is 6.63. The van der Waals surface area contributed by atoms with E-state index in [0.29, 0.717) is 16.6 Å². The fourth-order valence-electron chi connectivity index (χ4n) is 2.58. The minimum Gasteiger partial charge on any atom is -0.423 e. The third-order valence-corrected chi connectivity index (χ3v) is 3.67. The fourth-order valence-corrected chi connectivity index (χ4v) is 2.58. The molecule has 26 heavy (non-hydrogen) atoms. The zero-order valence-corrected chi connectivity index (χ0v) is 13.6. The molecule has 1 amide bonds. The standard InChI is InChI=1S/C17H13N3O6/c1-10(21)18-12-2-4-14-11(6-17(23)26-15(14)7-12)8-19-9-13(20(24)25)3-5-16(19)22/h2-7,9H,8H2,1H3,(H,18,21). The van der Waals surface area contributed by atoms with Crippen LogP contribution in [0.4, 0.5) is 11.4 Å². The van der Waals surface area contributed by atoms with Crippen LogP contribution in [-0.2, 0) is 11.3 Å². The van der Waals surface area contributed by atoms with E-state index < -0.39 is 16.1 Å². The van der Waals surface area contributed by atoms with Gasteiger partial charge in [-0.1, -0.05) is 0 Å². The average molecular weight is 355 g/mol. The molecule has 0 aliphatic heterocycles. The van der Waals surface area contributed by atoms with Crippen molar-refractivity contribution in [1.29, 1.82) is 0 Å². The van der Waals surface area contributed by atoms with Crippen LogP contribution in [-0.4, -0.2) is 15.4 Å². The van der Waals surface area contributed by atoms with Gasteiger partial charge in [0.1, 0.15) is 5.58 Å². The Bertz CT molecular complexity index is 1150. The molecule has 0 aliphatic carbocycles. The Labute approximate surface area is 145 Å². The van der Waals surface area contributed by atoms with Crippen molar-refractivity contribution in [3.63, 3.8) is 0 Å². The highest BCUT2D eigenvalue weighted by Gasteiger charge is 2.12. The summed E-state index contributed by atoms with van der Waals surface area (Å²) in [4.78, 5) is 45.3. The number of carbonyl (C=O) groups excluding carboxylic acids is 1. The Morgan fingerprint density at radius 1 is 1.23 bits per heavy atom. The lowest BCUT2D eigenvalue weighted by Crippen LogP contribution is -2.20. The molecule has 132 valence electrons. The maximum absolute atomic E-state index is 12.0. The highest BCUT2D eigenvalue weighted by Crippen LogP contribution is 2.22. The van der Waals surface area contributed by atoms with Crippen LogP contribution >= 0.6 is 0 Å². The topological polar surface area (TPSA) is 124 Å². The van der Waals surface area contributed by atoms with Crippen LogP contribution in [0, 0.1) is 10.1 Å². The molecule has 0 fully saturated rings. The number of amides is 1. The third-order valence-electron chi connectivity index (χ3n) is 3.67. The number of aromatic nitrogens is 1. The van der Waals surface area contributed by atoms with Crippen molar-refractivity contribution in [1.82, 2.24) is 4.57 Å². The monoisotopic (exact) mass is 355 g/mol. The van der Waals surface area contributed by atoms with Crippen molar-refractivity contribution in [3.8, 4) is 0 Å². The molecule has 0 unspecified atom stereocenters. The molecule has 0 aliphatic rings. The van der Waals surface area contributed by atoms with Crippen LogP contribution in [0.5, 0.6) is 0 Å². The summed E-state index contributed by atoms with van der Waals surface area (Å²) in [6.07, 6.45) is 1.12. The van der Waals surface area contributed by atoms with Gasteiger partial charge < -0.3 is 14.3 Å².